The van der Waals surface area contributed by atoms with Crippen molar-refractivity contribution < 1.29 is 128 Å². The predicted molar refractivity (Wildman–Crippen MR) is 54.7 cm³/mol. The topological polar surface area (TPSA) is 48.6 Å². The summed E-state index contributed by atoms with van der Waals surface area (Å²) in [5.41, 5.74) is 0. The van der Waals surface area contributed by atoms with E-state index in [1.54, 1.807) is 6.55 Å². The van der Waals surface area contributed by atoms with Crippen LogP contribution < -0.4 is 116 Å². The van der Waals surface area contributed by atoms with Crippen LogP contribution in [-0.2, 0) is 4.46 Å². The Balaban J connectivity index is -0.00000000929. The van der Waals surface area contributed by atoms with Crippen molar-refractivity contribution in [2.24, 2.45) is 0 Å². The van der Waals surface area contributed by atoms with Gasteiger partial charge in [0.2, 0.25) is 0 Å². The molecule has 0 rings (SSSR count). The second-order valence-corrected chi connectivity index (χ2v) is 2.21. The van der Waals surface area contributed by atoms with Crippen molar-refractivity contribution in [2.75, 3.05) is 0 Å². The molecule has 0 aliphatic heterocycles. The van der Waals surface area contributed by atoms with E-state index in [4.69, 9.17) is 4.46 Å². The van der Waals surface area contributed by atoms with Crippen molar-refractivity contribution >= 4 is 9.41 Å². The first-order chi connectivity index (χ1) is 4.74. The molecule has 0 aliphatic carbocycles. The largest absolute Gasteiger partial charge is 1.00 e. The zero-order valence-electron chi connectivity index (χ0n) is 11.3. The number of hydrogen-bond donors (Lipinski definition) is 0. The minimum Gasteiger partial charge on any atom is -1.00 e. The van der Waals surface area contributed by atoms with Crippen molar-refractivity contribution in [1.82, 2.24) is 0 Å². The summed E-state index contributed by atoms with van der Waals surface area (Å²) in [7, 11) is -0.500. The molecule has 2 nitrogen and oxygen atoms in total. The van der Waals surface area contributed by atoms with Gasteiger partial charge >= 0.3 is 116 Å². The second-order valence-electron chi connectivity index (χ2n) is 1.74. The number of unbranched alkanes of at least 4 members (excludes halogenated alkanes) is 1. The number of rotatable bonds is 1. The van der Waals surface area contributed by atoms with Gasteiger partial charge in [-0.15, -0.1) is 0 Å². The molecule has 0 aromatic rings. The molecule has 0 heterocycles. The summed E-state index contributed by atoms with van der Waals surface area (Å²) >= 11 is 0. The van der Waals surface area contributed by atoms with Crippen LogP contribution in [0.3, 0.4) is 0 Å². The molecule has 0 unspecified atom stereocenters. The molecule has 5 heteroatoms. The van der Waals surface area contributed by atoms with Crippen molar-refractivity contribution in [3.05, 3.63) is 6.92 Å². The Bertz CT molecular complexity index is 52.3. The maximum Gasteiger partial charge on any atom is 1.00 e. The van der Waals surface area contributed by atoms with Gasteiger partial charge in [0.1, 0.15) is 0 Å². The van der Waals surface area contributed by atoms with Crippen molar-refractivity contribution in [1.29, 1.82) is 0 Å². The average Bonchev–Trinajstić information content (AvgIpc) is 1.91. The SMILES string of the molecule is CCCC.C[SiH]=O.O.[CH2-]CC.[H-].[Rb+].[Rb+]. The van der Waals surface area contributed by atoms with Crippen LogP contribution in [0.25, 0.3) is 0 Å². The first-order valence-corrected chi connectivity index (χ1v) is 5.56. The normalized spacial score (nSPS) is 4.69. The van der Waals surface area contributed by atoms with Gasteiger partial charge < -0.3 is 18.3 Å². The van der Waals surface area contributed by atoms with Gasteiger partial charge in [-0.2, -0.15) is 6.42 Å². The maximum atomic E-state index is 9.01. The minimum absolute atomic E-state index is 0. The third-order valence-electron chi connectivity index (χ3n) is 0.500. The Kier molecular flexibility index (Phi) is 159. The summed E-state index contributed by atoms with van der Waals surface area (Å²) in [6, 6.07) is 0. The van der Waals surface area contributed by atoms with E-state index in [9.17, 15) is 0 Å². The summed E-state index contributed by atoms with van der Waals surface area (Å²) < 4.78 is 9.01. The van der Waals surface area contributed by atoms with Gasteiger partial charge in [-0.1, -0.05) is 33.6 Å². The number of hydrogen-bond acceptors (Lipinski definition) is 1. The van der Waals surface area contributed by atoms with E-state index in [0.717, 1.165) is 6.42 Å². The summed E-state index contributed by atoms with van der Waals surface area (Å²) in [6.45, 7) is 11.5. The van der Waals surface area contributed by atoms with Crippen molar-refractivity contribution in [3.63, 3.8) is 0 Å². The molecule has 0 aromatic carbocycles. The van der Waals surface area contributed by atoms with E-state index in [2.05, 4.69) is 20.8 Å². The van der Waals surface area contributed by atoms with Crippen LogP contribution in [0.4, 0.5) is 0 Å². The second kappa shape index (κ2) is 57.6. The van der Waals surface area contributed by atoms with Crippen molar-refractivity contribution in [3.8, 4) is 0 Å². The molecule has 2 N–H and O–H groups in total. The van der Waals surface area contributed by atoms with Gasteiger partial charge in [0.25, 0.3) is 9.41 Å². The smallest absolute Gasteiger partial charge is 1.00 e. The molecule has 74 valence electrons. The van der Waals surface area contributed by atoms with E-state index in [1.807, 2.05) is 6.92 Å². The molecular weight excluding hydrogens is 327 g/mol. The zero-order chi connectivity index (χ0) is 8.83. The van der Waals surface area contributed by atoms with E-state index in [1.165, 1.54) is 12.8 Å². The van der Waals surface area contributed by atoms with E-state index < -0.39 is 9.41 Å². The van der Waals surface area contributed by atoms with Crippen LogP contribution in [0.15, 0.2) is 0 Å². The zero-order valence-corrected chi connectivity index (χ0v) is 21.3. The first kappa shape index (κ1) is 36.0. The molecular formula is C8H24O2Rb2Si. The predicted octanol–water partition coefficient (Wildman–Crippen LogP) is -3.85. The van der Waals surface area contributed by atoms with E-state index in [0.29, 0.717) is 0 Å². The Hall–Kier alpha value is 3.59. The molecule has 0 radical (unpaired) electrons. The first-order valence-electron chi connectivity index (χ1n) is 3.93. The molecule has 0 saturated heterocycles. The molecule has 0 atom stereocenters. The molecule has 0 bridgehead atoms. The summed E-state index contributed by atoms with van der Waals surface area (Å²) in [6.07, 6.45) is 3.64. The van der Waals surface area contributed by atoms with Gasteiger partial charge in [-0.25, -0.2) is 0 Å². The molecule has 0 aromatic heterocycles. The quantitative estimate of drug-likeness (QED) is 0.353. The maximum absolute atomic E-state index is 9.01. The van der Waals surface area contributed by atoms with Gasteiger partial charge in [0, 0.05) is 0 Å². The monoisotopic (exact) mass is 350 g/mol. The van der Waals surface area contributed by atoms with Crippen LogP contribution >= 0.6 is 0 Å². The van der Waals surface area contributed by atoms with Crippen LogP contribution in [0, 0.1) is 6.92 Å². The molecule has 0 saturated carbocycles. The molecule has 0 spiro atoms. The summed E-state index contributed by atoms with van der Waals surface area (Å²) in [4.78, 5) is 0. The Labute approximate surface area is 186 Å². The fourth-order valence-corrected chi connectivity index (χ4v) is 0. The molecule has 0 fully saturated rings. The van der Waals surface area contributed by atoms with Crippen LogP contribution in [0.5, 0.6) is 0 Å². The van der Waals surface area contributed by atoms with Crippen LogP contribution in [-0.4, -0.2) is 14.9 Å². The Morgan fingerprint density at radius 1 is 1.15 bits per heavy atom. The van der Waals surface area contributed by atoms with Gasteiger partial charge in [-0.05, 0) is 6.55 Å². The van der Waals surface area contributed by atoms with Gasteiger partial charge in [-0.3, -0.25) is 0 Å². The average molecular weight is 351 g/mol. The van der Waals surface area contributed by atoms with Gasteiger partial charge in [0.05, 0.1) is 0 Å². The Morgan fingerprint density at radius 3 is 1.23 bits per heavy atom. The van der Waals surface area contributed by atoms with Crippen LogP contribution in [0.2, 0.25) is 6.55 Å². The van der Waals surface area contributed by atoms with Crippen molar-refractivity contribution in [2.45, 2.75) is 46.6 Å². The fourth-order valence-electron chi connectivity index (χ4n) is 0. The Morgan fingerprint density at radius 2 is 1.23 bits per heavy atom. The minimum atomic E-state index is -0.500. The van der Waals surface area contributed by atoms with Crippen LogP contribution in [0.1, 0.15) is 41.5 Å². The van der Waals surface area contributed by atoms with Gasteiger partial charge in [0.15, 0.2) is 0 Å². The molecule has 13 heavy (non-hydrogen) atoms. The summed E-state index contributed by atoms with van der Waals surface area (Å²) in [5.74, 6) is 0. The van der Waals surface area contributed by atoms with E-state index >= 15 is 0 Å². The molecule has 0 aliphatic rings. The molecule has 0 amide bonds. The summed E-state index contributed by atoms with van der Waals surface area (Å²) in [5, 5.41) is 0. The third-order valence-corrected chi connectivity index (χ3v) is 0.500. The standard InChI is InChI=1S/C4H10.C3H7.CH4OSi.H2O.2Rb.H/c1-3-4-2;2*1-3-2;;;;/h3-4H2,1-2H3;1,3H2,2H3;3H,1H3;1H2;;;/q;-1;;;2*+1;-1. The fraction of sp³-hybridized carbons (Fsp3) is 0.875. The third kappa shape index (κ3) is 137. The van der Waals surface area contributed by atoms with E-state index in [-0.39, 0.29) is 123 Å².